The molecule has 2 atom stereocenters. The molecule has 7 heteroatoms. The smallest absolute Gasteiger partial charge is 0.326 e. The van der Waals surface area contributed by atoms with Crippen molar-refractivity contribution in [2.24, 2.45) is 0 Å². The van der Waals surface area contributed by atoms with E-state index in [0.717, 1.165) is 26.4 Å². The second-order valence-electron chi connectivity index (χ2n) is 4.18. The third-order valence-corrected chi connectivity index (χ3v) is 2.67. The van der Waals surface area contributed by atoms with Gasteiger partial charge in [0.25, 0.3) is 0 Å². The van der Waals surface area contributed by atoms with Gasteiger partial charge in [0.1, 0.15) is 6.04 Å². The van der Waals surface area contributed by atoms with Crippen molar-refractivity contribution in [2.45, 2.75) is 51.6 Å². The maximum absolute atomic E-state index is 11.6. The first-order valence-electron chi connectivity index (χ1n) is 6.31. The molecule has 110 valence electrons. The summed E-state index contributed by atoms with van der Waals surface area (Å²) in [5.74, 6) is -1.96. The lowest BCUT2D eigenvalue weighted by Gasteiger charge is -2.19. The molecule has 0 saturated carbocycles. The molecule has 0 spiro atoms. The Balaban J connectivity index is 4.38. The molecule has 0 fully saturated rings. The normalized spacial score (nSPS) is 13.2. The summed E-state index contributed by atoms with van der Waals surface area (Å²) in [4.78, 5) is 33.6. The predicted molar refractivity (Wildman–Crippen MR) is 68.7 cm³/mol. The average Bonchev–Trinajstić information content (AvgIpc) is 2.36. The molecule has 1 unspecified atom stereocenters. The summed E-state index contributed by atoms with van der Waals surface area (Å²) in [7, 11) is 1.16. The monoisotopic (exact) mass is 274 g/mol. The van der Waals surface area contributed by atoms with Crippen LogP contribution in [0.5, 0.6) is 0 Å². The number of amides is 2. The molecular formula is C12H22N2O5. The van der Waals surface area contributed by atoms with Gasteiger partial charge in [-0.05, 0) is 12.8 Å². The fourth-order valence-electron chi connectivity index (χ4n) is 1.56. The Morgan fingerprint density at radius 1 is 1.21 bits per heavy atom. The van der Waals surface area contributed by atoms with Crippen LogP contribution in [0.2, 0.25) is 0 Å². The molecule has 0 radical (unpaired) electrons. The number of urea groups is 1. The van der Waals surface area contributed by atoms with Crippen molar-refractivity contribution in [3.8, 4) is 0 Å². The summed E-state index contributed by atoms with van der Waals surface area (Å²) < 4.78 is 4.38. The van der Waals surface area contributed by atoms with Crippen molar-refractivity contribution in [2.75, 3.05) is 7.11 Å². The van der Waals surface area contributed by atoms with Crippen LogP contribution in [0.15, 0.2) is 0 Å². The van der Waals surface area contributed by atoms with E-state index in [4.69, 9.17) is 5.11 Å². The first kappa shape index (κ1) is 17.2. The van der Waals surface area contributed by atoms with Gasteiger partial charge >= 0.3 is 18.0 Å². The minimum atomic E-state index is -1.29. The zero-order valence-electron chi connectivity index (χ0n) is 11.6. The second-order valence-corrected chi connectivity index (χ2v) is 4.18. The highest BCUT2D eigenvalue weighted by molar-refractivity contribution is 5.86. The molecule has 0 aliphatic rings. The summed E-state index contributed by atoms with van der Waals surface area (Å²) in [5, 5.41) is 13.8. The van der Waals surface area contributed by atoms with E-state index in [1.165, 1.54) is 0 Å². The van der Waals surface area contributed by atoms with Gasteiger partial charge in [0.15, 0.2) is 0 Å². The Hall–Kier alpha value is -1.79. The van der Waals surface area contributed by atoms with Crippen molar-refractivity contribution in [3.05, 3.63) is 0 Å². The van der Waals surface area contributed by atoms with Gasteiger partial charge in [-0.25, -0.2) is 9.59 Å². The van der Waals surface area contributed by atoms with Crippen LogP contribution >= 0.6 is 0 Å². The standard InChI is InChI=1S/C12H22N2O5/c1-4-6-8(5-2)13-12(18)14-9(11(16)17)7-10(15)19-3/h8-9H,4-7H2,1-3H3,(H,16,17)(H2,13,14,18)/t8?,9-/m0/s1. The Morgan fingerprint density at radius 2 is 1.84 bits per heavy atom. The van der Waals surface area contributed by atoms with Crippen LogP contribution in [-0.4, -0.2) is 42.3 Å². The van der Waals surface area contributed by atoms with Crippen LogP contribution in [-0.2, 0) is 14.3 Å². The molecule has 2 amide bonds. The number of hydrogen-bond acceptors (Lipinski definition) is 4. The molecule has 0 aromatic heterocycles. The maximum Gasteiger partial charge on any atom is 0.326 e. The number of rotatable bonds is 8. The van der Waals surface area contributed by atoms with Crippen LogP contribution in [0.1, 0.15) is 39.5 Å². The van der Waals surface area contributed by atoms with E-state index >= 15 is 0 Å². The zero-order chi connectivity index (χ0) is 14.8. The highest BCUT2D eigenvalue weighted by Gasteiger charge is 2.24. The molecule has 19 heavy (non-hydrogen) atoms. The van der Waals surface area contributed by atoms with Crippen molar-refractivity contribution in [1.82, 2.24) is 10.6 Å². The lowest BCUT2D eigenvalue weighted by atomic mass is 10.1. The number of carboxylic acids is 1. The number of methoxy groups -OCH3 is 1. The van der Waals surface area contributed by atoms with Gasteiger partial charge in [-0.3, -0.25) is 4.79 Å². The topological polar surface area (TPSA) is 105 Å². The predicted octanol–water partition coefficient (Wildman–Crippen LogP) is 0.881. The molecule has 0 aliphatic heterocycles. The van der Waals surface area contributed by atoms with Gasteiger partial charge < -0.3 is 20.5 Å². The van der Waals surface area contributed by atoms with Crippen molar-refractivity contribution >= 4 is 18.0 Å². The lowest BCUT2D eigenvalue weighted by molar-refractivity contribution is -0.147. The van der Waals surface area contributed by atoms with E-state index < -0.39 is 30.4 Å². The number of nitrogens with one attached hydrogen (secondary N) is 2. The first-order valence-corrected chi connectivity index (χ1v) is 6.31. The van der Waals surface area contributed by atoms with Gasteiger partial charge in [-0.15, -0.1) is 0 Å². The van der Waals surface area contributed by atoms with E-state index in [1.54, 1.807) is 0 Å². The maximum atomic E-state index is 11.6. The second kappa shape index (κ2) is 9.18. The summed E-state index contributed by atoms with van der Waals surface area (Å²) in [5.41, 5.74) is 0. The van der Waals surface area contributed by atoms with Crippen LogP contribution in [0.25, 0.3) is 0 Å². The highest BCUT2D eigenvalue weighted by Crippen LogP contribution is 2.01. The number of carbonyl (C=O) groups is 3. The summed E-state index contributed by atoms with van der Waals surface area (Å²) in [6.07, 6.45) is 2.10. The third-order valence-electron chi connectivity index (χ3n) is 2.67. The molecule has 0 saturated heterocycles. The Morgan fingerprint density at radius 3 is 2.26 bits per heavy atom. The first-order chi connectivity index (χ1) is 8.94. The summed E-state index contributed by atoms with van der Waals surface area (Å²) in [6.45, 7) is 3.93. The fourth-order valence-corrected chi connectivity index (χ4v) is 1.56. The highest BCUT2D eigenvalue weighted by atomic mass is 16.5. The minimum Gasteiger partial charge on any atom is -0.480 e. The molecule has 0 bridgehead atoms. The zero-order valence-corrected chi connectivity index (χ0v) is 11.6. The van der Waals surface area contributed by atoms with Crippen LogP contribution < -0.4 is 10.6 Å². The molecule has 3 N–H and O–H groups in total. The van der Waals surface area contributed by atoms with Crippen LogP contribution in [0.4, 0.5) is 4.79 Å². The van der Waals surface area contributed by atoms with Crippen molar-refractivity contribution in [1.29, 1.82) is 0 Å². The Bertz CT molecular complexity index is 319. The Kier molecular flexibility index (Phi) is 8.32. The van der Waals surface area contributed by atoms with Crippen molar-refractivity contribution < 1.29 is 24.2 Å². The fraction of sp³-hybridized carbons (Fsp3) is 0.750. The van der Waals surface area contributed by atoms with Gasteiger partial charge in [-0.1, -0.05) is 20.3 Å². The lowest BCUT2D eigenvalue weighted by Crippen LogP contribution is -2.49. The number of aliphatic carboxylic acids is 1. The van der Waals surface area contributed by atoms with Gasteiger partial charge in [-0.2, -0.15) is 0 Å². The third kappa shape index (κ3) is 7.28. The van der Waals surface area contributed by atoms with Crippen LogP contribution in [0, 0.1) is 0 Å². The van der Waals surface area contributed by atoms with Gasteiger partial charge in [0.05, 0.1) is 13.5 Å². The molecule has 0 aromatic rings. The van der Waals surface area contributed by atoms with E-state index in [9.17, 15) is 14.4 Å². The molecule has 0 aliphatic carbocycles. The molecule has 7 nitrogen and oxygen atoms in total. The average molecular weight is 274 g/mol. The molecular weight excluding hydrogens is 252 g/mol. The van der Waals surface area contributed by atoms with Gasteiger partial charge in [0, 0.05) is 6.04 Å². The number of carbonyl (C=O) groups excluding carboxylic acids is 2. The largest absolute Gasteiger partial charge is 0.480 e. The van der Waals surface area contributed by atoms with Crippen LogP contribution in [0.3, 0.4) is 0 Å². The number of ether oxygens (including phenoxy) is 1. The summed E-state index contributed by atoms with van der Waals surface area (Å²) in [6, 6.07) is -1.87. The van der Waals surface area contributed by atoms with E-state index in [2.05, 4.69) is 15.4 Å². The minimum absolute atomic E-state index is 0.00225. The number of hydrogen-bond donors (Lipinski definition) is 3. The van der Waals surface area contributed by atoms with Gasteiger partial charge in [0.2, 0.25) is 0 Å². The SMILES string of the molecule is CCCC(CC)NC(=O)N[C@@H](CC(=O)OC)C(=O)O. The quantitative estimate of drug-likeness (QED) is 0.570. The van der Waals surface area contributed by atoms with E-state index in [1.807, 2.05) is 13.8 Å². The number of esters is 1. The van der Waals surface area contributed by atoms with Crippen molar-refractivity contribution in [3.63, 3.8) is 0 Å². The molecule has 0 rings (SSSR count). The van der Waals surface area contributed by atoms with E-state index in [-0.39, 0.29) is 6.04 Å². The molecule has 0 aromatic carbocycles. The molecule has 0 heterocycles. The van der Waals surface area contributed by atoms with E-state index in [0.29, 0.717) is 0 Å². The Labute approximate surface area is 112 Å². The number of carboxylic acid groups (broad SMARTS) is 1. The summed E-state index contributed by atoms with van der Waals surface area (Å²) >= 11 is 0.